The smallest absolute Gasteiger partial charge is 0.141 e. The van der Waals surface area contributed by atoms with Gasteiger partial charge in [0.1, 0.15) is 11.3 Å². The SMILES string of the molecule is c1ccc(CC23CN(C4CCCCC4)CC24N(c2ccccc23)C23CN(C5CCCCC5)CC2(Cc2ccccc2)c2ccccc2N43)cc1. The fraction of sp³-hybridized carbons (Fsp3) is 0.478. The van der Waals surface area contributed by atoms with Crippen molar-refractivity contribution in [3.63, 3.8) is 0 Å². The molecule has 2 saturated carbocycles. The van der Waals surface area contributed by atoms with E-state index >= 15 is 0 Å². The molecule has 5 fully saturated rings. The van der Waals surface area contributed by atoms with E-state index in [1.165, 1.54) is 86.7 Å². The molecule has 50 heavy (non-hydrogen) atoms. The van der Waals surface area contributed by atoms with Crippen LogP contribution in [0.25, 0.3) is 0 Å². The molecule has 0 amide bonds. The van der Waals surface area contributed by atoms with Crippen molar-refractivity contribution in [1.82, 2.24) is 9.80 Å². The topological polar surface area (TPSA) is 13.0 Å². The van der Waals surface area contributed by atoms with Crippen molar-refractivity contribution in [2.24, 2.45) is 0 Å². The molecule has 2 atom stereocenters. The summed E-state index contributed by atoms with van der Waals surface area (Å²) in [6.45, 7) is 4.54. The van der Waals surface area contributed by atoms with Gasteiger partial charge in [-0.05, 0) is 72.9 Å². The Morgan fingerprint density at radius 1 is 0.420 bits per heavy atom. The van der Waals surface area contributed by atoms with Crippen LogP contribution in [-0.2, 0) is 23.7 Å². The van der Waals surface area contributed by atoms with E-state index < -0.39 is 0 Å². The Hall–Kier alpha value is -3.60. The lowest BCUT2D eigenvalue weighted by atomic mass is 9.62. The zero-order valence-electron chi connectivity index (χ0n) is 29.6. The molecule has 0 N–H and O–H groups in total. The number of rotatable bonds is 6. The summed E-state index contributed by atoms with van der Waals surface area (Å²) in [4.78, 5) is 12.3. The van der Waals surface area contributed by atoms with Gasteiger partial charge in [-0.15, -0.1) is 0 Å². The third-order valence-electron chi connectivity index (χ3n) is 15.0. The summed E-state index contributed by atoms with van der Waals surface area (Å²) in [5, 5.41) is 0. The Balaban J connectivity index is 1.16. The van der Waals surface area contributed by atoms with E-state index in [-0.39, 0.29) is 22.2 Å². The number of fused-ring (bicyclic) bond motifs is 6. The highest BCUT2D eigenvalue weighted by Crippen LogP contribution is 2.77. The maximum Gasteiger partial charge on any atom is 0.141 e. The lowest BCUT2D eigenvalue weighted by Crippen LogP contribution is -2.94. The number of hydrogen-bond acceptors (Lipinski definition) is 4. The predicted molar refractivity (Wildman–Crippen MR) is 204 cm³/mol. The Labute approximate surface area is 299 Å². The van der Waals surface area contributed by atoms with E-state index in [4.69, 9.17) is 0 Å². The average Bonchev–Trinajstić information content (AvgIpc) is 3.81. The van der Waals surface area contributed by atoms with Crippen LogP contribution in [0, 0.1) is 0 Å². The second-order valence-corrected chi connectivity index (χ2v) is 17.2. The Kier molecular flexibility index (Phi) is 6.59. The quantitative estimate of drug-likeness (QED) is 0.205. The molecule has 4 aromatic carbocycles. The molecule has 5 aliphatic heterocycles. The molecule has 4 nitrogen and oxygen atoms in total. The van der Waals surface area contributed by atoms with Gasteiger partial charge < -0.3 is 9.80 Å². The molecule has 0 bridgehead atoms. The van der Waals surface area contributed by atoms with Crippen LogP contribution >= 0.6 is 0 Å². The fourth-order valence-electron chi connectivity index (χ4n) is 13.3. The van der Waals surface area contributed by atoms with Crippen LogP contribution in [0.2, 0.25) is 0 Å². The zero-order valence-corrected chi connectivity index (χ0v) is 29.6. The monoisotopic (exact) mass is 660 g/mol. The van der Waals surface area contributed by atoms with Crippen LogP contribution < -0.4 is 9.80 Å². The molecule has 0 radical (unpaired) electrons. The Bertz CT molecular complexity index is 1750. The van der Waals surface area contributed by atoms with Crippen molar-refractivity contribution in [3.8, 4) is 0 Å². The molecule has 4 heteroatoms. The number of benzene rings is 4. The second-order valence-electron chi connectivity index (χ2n) is 17.2. The highest BCUT2D eigenvalue weighted by Gasteiger charge is 2.89. The van der Waals surface area contributed by atoms with Crippen molar-refractivity contribution in [2.75, 3.05) is 36.0 Å². The summed E-state index contributed by atoms with van der Waals surface area (Å²) in [5.41, 5.74) is 8.92. The van der Waals surface area contributed by atoms with Gasteiger partial charge >= 0.3 is 0 Å². The molecule has 7 aliphatic rings. The standard InChI is InChI=1S/C46H52N4/c1-5-17-35(18-6-1)29-43-31-47(37-21-9-3-10-22-37)33-45(43)49(41-27-15-13-25-39(41)43)46-34-48(38-23-11-4-12-24-38)32-44(46,30-36-19-7-2-8-20-36)40-26-14-16-28-42(40)50(45)46/h1-2,5-8,13-20,25-28,37-38H,3-4,9-12,21-24,29-34H2. The summed E-state index contributed by atoms with van der Waals surface area (Å²) >= 11 is 0. The normalized spacial score (nSPS) is 33.4. The highest BCUT2D eigenvalue weighted by molar-refractivity contribution is 5.89. The first-order valence-electron chi connectivity index (χ1n) is 20.1. The molecule has 2 aliphatic carbocycles. The average molecular weight is 661 g/mol. The predicted octanol–water partition coefficient (Wildman–Crippen LogP) is 8.69. The first-order valence-corrected chi connectivity index (χ1v) is 20.1. The van der Waals surface area contributed by atoms with E-state index in [1.54, 1.807) is 11.1 Å². The van der Waals surface area contributed by atoms with Crippen molar-refractivity contribution in [2.45, 2.75) is 111 Å². The van der Waals surface area contributed by atoms with Gasteiger partial charge in [-0.1, -0.05) is 136 Å². The third kappa shape index (κ3) is 3.70. The number of nitrogens with zero attached hydrogens (tertiary/aromatic N) is 4. The molecular formula is C46H52N4. The van der Waals surface area contributed by atoms with Crippen LogP contribution in [0.1, 0.15) is 86.5 Å². The van der Waals surface area contributed by atoms with Gasteiger partial charge in [0.25, 0.3) is 0 Å². The molecular weight excluding hydrogens is 609 g/mol. The van der Waals surface area contributed by atoms with Crippen molar-refractivity contribution in [1.29, 1.82) is 0 Å². The number of anilines is 2. The maximum atomic E-state index is 3.13. The first kappa shape index (κ1) is 30.1. The van der Waals surface area contributed by atoms with Crippen molar-refractivity contribution in [3.05, 3.63) is 131 Å². The van der Waals surface area contributed by atoms with E-state index in [0.29, 0.717) is 12.1 Å². The molecule has 2 unspecified atom stereocenters. The zero-order chi connectivity index (χ0) is 33.0. The number of likely N-dealkylation sites (tertiary alicyclic amines) is 2. The summed E-state index contributed by atoms with van der Waals surface area (Å²) in [7, 11) is 0. The van der Waals surface area contributed by atoms with Gasteiger partial charge in [0.05, 0.1) is 10.8 Å². The van der Waals surface area contributed by atoms with E-state index in [1.807, 2.05) is 0 Å². The minimum absolute atomic E-state index is 0.0260. The van der Waals surface area contributed by atoms with Crippen molar-refractivity contribution < 1.29 is 0 Å². The molecule has 5 heterocycles. The van der Waals surface area contributed by atoms with E-state index in [9.17, 15) is 0 Å². The van der Waals surface area contributed by atoms with Gasteiger partial charge in [0, 0.05) is 49.6 Å². The van der Waals surface area contributed by atoms with Crippen LogP contribution in [0.4, 0.5) is 11.4 Å². The largest absolute Gasteiger partial charge is 0.321 e. The summed E-state index contributed by atoms with van der Waals surface area (Å²) in [6, 6.07) is 44.0. The van der Waals surface area contributed by atoms with Crippen LogP contribution in [-0.4, -0.2) is 59.4 Å². The van der Waals surface area contributed by atoms with Gasteiger partial charge in [0.15, 0.2) is 0 Å². The highest BCUT2D eigenvalue weighted by atomic mass is 15.7. The minimum atomic E-state index is -0.124. The van der Waals surface area contributed by atoms with Gasteiger partial charge in [-0.3, -0.25) is 9.80 Å². The molecule has 11 rings (SSSR count). The molecule has 256 valence electrons. The summed E-state index contributed by atoms with van der Waals surface area (Å²) in [6.07, 6.45) is 15.9. The molecule has 4 aromatic rings. The minimum Gasteiger partial charge on any atom is -0.321 e. The third-order valence-corrected chi connectivity index (χ3v) is 15.0. The lowest BCUT2D eigenvalue weighted by Gasteiger charge is -2.74. The second kappa shape index (κ2) is 11.0. The summed E-state index contributed by atoms with van der Waals surface area (Å²) in [5.74, 6) is 0. The first-order chi connectivity index (χ1) is 24.7. The van der Waals surface area contributed by atoms with Gasteiger partial charge in [0.2, 0.25) is 0 Å². The van der Waals surface area contributed by atoms with E-state index in [2.05, 4.69) is 129 Å². The fourth-order valence-corrected chi connectivity index (χ4v) is 13.3. The Morgan fingerprint density at radius 2 is 0.800 bits per heavy atom. The van der Waals surface area contributed by atoms with Crippen LogP contribution in [0.15, 0.2) is 109 Å². The van der Waals surface area contributed by atoms with Gasteiger partial charge in [-0.25, -0.2) is 0 Å². The van der Waals surface area contributed by atoms with E-state index in [0.717, 1.165) is 39.0 Å². The van der Waals surface area contributed by atoms with Crippen LogP contribution in [0.3, 0.4) is 0 Å². The summed E-state index contributed by atoms with van der Waals surface area (Å²) < 4.78 is 0. The maximum absolute atomic E-state index is 3.13. The lowest BCUT2D eigenvalue weighted by molar-refractivity contribution is 0.0548. The molecule has 2 spiro atoms. The Morgan fingerprint density at radius 3 is 1.22 bits per heavy atom. The van der Waals surface area contributed by atoms with Gasteiger partial charge in [-0.2, -0.15) is 0 Å². The number of para-hydroxylation sites is 2. The van der Waals surface area contributed by atoms with Crippen molar-refractivity contribution >= 4 is 11.4 Å². The van der Waals surface area contributed by atoms with Crippen LogP contribution in [0.5, 0.6) is 0 Å². The number of hydrogen-bond donors (Lipinski definition) is 0. The molecule has 3 saturated heterocycles. The molecule has 0 aromatic heterocycles.